The molecule has 2 aromatic rings. The minimum atomic E-state index is 0.0264. The fourth-order valence-electron chi connectivity index (χ4n) is 2.30. The highest BCUT2D eigenvalue weighted by Gasteiger charge is 2.13. The standard InChI is InChI=1S/C15H19N3O2S2/c19-14(2-1-12-3-8-21-10-12)17-15-16-13(11-22-15)9-18-4-6-20-7-5-18/h3,8,10-11H,1-2,4-7,9H2,(H,16,17,19). The fraction of sp³-hybridized carbons (Fsp3) is 0.467. The van der Waals surface area contributed by atoms with E-state index in [-0.39, 0.29) is 5.91 Å². The Balaban J connectivity index is 1.45. The summed E-state index contributed by atoms with van der Waals surface area (Å²) in [7, 11) is 0. The van der Waals surface area contributed by atoms with Crippen molar-refractivity contribution in [2.24, 2.45) is 0 Å². The Morgan fingerprint density at radius 3 is 3.00 bits per heavy atom. The molecule has 0 unspecified atom stereocenters. The molecule has 0 aromatic carbocycles. The van der Waals surface area contributed by atoms with Gasteiger partial charge in [-0.2, -0.15) is 11.3 Å². The highest BCUT2D eigenvalue weighted by Crippen LogP contribution is 2.18. The summed E-state index contributed by atoms with van der Waals surface area (Å²) in [6.07, 6.45) is 1.27. The maximum Gasteiger partial charge on any atom is 0.226 e. The van der Waals surface area contributed by atoms with Gasteiger partial charge in [-0.05, 0) is 28.8 Å². The van der Waals surface area contributed by atoms with E-state index in [4.69, 9.17) is 4.74 Å². The first-order valence-electron chi connectivity index (χ1n) is 7.35. The molecular formula is C15H19N3O2S2. The van der Waals surface area contributed by atoms with Crippen LogP contribution < -0.4 is 5.32 Å². The molecule has 1 amide bonds. The number of carbonyl (C=O) groups excluding carboxylic acids is 1. The molecule has 0 spiro atoms. The van der Waals surface area contributed by atoms with Gasteiger partial charge in [0.15, 0.2) is 5.13 Å². The highest BCUT2D eigenvalue weighted by atomic mass is 32.1. The van der Waals surface area contributed by atoms with Gasteiger partial charge in [0.2, 0.25) is 5.91 Å². The third-order valence-electron chi connectivity index (χ3n) is 3.51. The first kappa shape index (κ1) is 15.6. The summed E-state index contributed by atoms with van der Waals surface area (Å²) in [5.41, 5.74) is 2.23. The number of anilines is 1. The number of rotatable bonds is 6. The van der Waals surface area contributed by atoms with Crippen molar-refractivity contribution in [1.82, 2.24) is 9.88 Å². The van der Waals surface area contributed by atoms with Gasteiger partial charge in [-0.1, -0.05) is 0 Å². The average molecular weight is 337 g/mol. The molecule has 118 valence electrons. The lowest BCUT2D eigenvalue weighted by Crippen LogP contribution is -2.35. The van der Waals surface area contributed by atoms with E-state index >= 15 is 0 Å². The van der Waals surface area contributed by atoms with Gasteiger partial charge in [-0.25, -0.2) is 4.98 Å². The number of morpholine rings is 1. The van der Waals surface area contributed by atoms with Crippen LogP contribution in [0.1, 0.15) is 17.7 Å². The summed E-state index contributed by atoms with van der Waals surface area (Å²) in [4.78, 5) is 18.8. The largest absolute Gasteiger partial charge is 0.379 e. The van der Waals surface area contributed by atoms with Crippen LogP contribution in [0.4, 0.5) is 5.13 Å². The summed E-state index contributed by atoms with van der Waals surface area (Å²) in [6, 6.07) is 2.06. The summed E-state index contributed by atoms with van der Waals surface area (Å²) in [5, 5.41) is 9.72. The summed E-state index contributed by atoms with van der Waals surface area (Å²) in [6.45, 7) is 4.29. The Kier molecular flexibility index (Phi) is 5.55. The number of ether oxygens (including phenoxy) is 1. The van der Waals surface area contributed by atoms with Crippen LogP contribution in [0.2, 0.25) is 0 Å². The number of hydrogen-bond donors (Lipinski definition) is 1. The Morgan fingerprint density at radius 2 is 2.23 bits per heavy atom. The molecule has 1 saturated heterocycles. The topological polar surface area (TPSA) is 54.5 Å². The Bertz CT molecular complexity index is 592. The molecule has 0 atom stereocenters. The summed E-state index contributed by atoms with van der Waals surface area (Å²) >= 11 is 3.15. The van der Waals surface area contributed by atoms with E-state index in [1.54, 1.807) is 11.3 Å². The second kappa shape index (κ2) is 7.82. The lowest BCUT2D eigenvalue weighted by atomic mass is 10.2. The Labute approximate surface area is 137 Å². The van der Waals surface area contributed by atoms with Crippen LogP contribution in [-0.4, -0.2) is 42.1 Å². The number of nitrogens with zero attached hydrogens (tertiary/aromatic N) is 2. The van der Waals surface area contributed by atoms with Crippen molar-refractivity contribution in [1.29, 1.82) is 0 Å². The Morgan fingerprint density at radius 1 is 1.36 bits per heavy atom. The number of aromatic nitrogens is 1. The number of nitrogens with one attached hydrogen (secondary N) is 1. The van der Waals surface area contributed by atoms with Gasteiger partial charge in [-0.15, -0.1) is 11.3 Å². The molecule has 3 rings (SSSR count). The lowest BCUT2D eigenvalue weighted by molar-refractivity contribution is -0.116. The van der Waals surface area contributed by atoms with Crippen molar-refractivity contribution in [2.45, 2.75) is 19.4 Å². The molecule has 5 nitrogen and oxygen atoms in total. The first-order valence-corrected chi connectivity index (χ1v) is 9.17. The van der Waals surface area contributed by atoms with Gasteiger partial charge in [0.1, 0.15) is 0 Å². The van der Waals surface area contributed by atoms with Crippen molar-refractivity contribution < 1.29 is 9.53 Å². The molecule has 3 heterocycles. The van der Waals surface area contributed by atoms with E-state index in [1.807, 2.05) is 10.8 Å². The zero-order valence-electron chi connectivity index (χ0n) is 12.3. The van der Waals surface area contributed by atoms with Crippen molar-refractivity contribution in [3.05, 3.63) is 33.5 Å². The third kappa shape index (κ3) is 4.61. The van der Waals surface area contributed by atoms with Gasteiger partial charge in [0.05, 0.1) is 18.9 Å². The molecule has 1 aliphatic heterocycles. The van der Waals surface area contributed by atoms with Crippen LogP contribution in [-0.2, 0) is 22.5 Å². The van der Waals surface area contributed by atoms with Gasteiger partial charge in [0, 0.05) is 31.4 Å². The van der Waals surface area contributed by atoms with Crippen molar-refractivity contribution in [3.63, 3.8) is 0 Å². The van der Waals surface area contributed by atoms with Gasteiger partial charge in [-0.3, -0.25) is 9.69 Å². The van der Waals surface area contributed by atoms with E-state index in [9.17, 15) is 4.79 Å². The average Bonchev–Trinajstić information content (AvgIpc) is 3.18. The molecule has 22 heavy (non-hydrogen) atoms. The van der Waals surface area contributed by atoms with E-state index < -0.39 is 0 Å². The zero-order chi connectivity index (χ0) is 15.2. The molecule has 2 aromatic heterocycles. The van der Waals surface area contributed by atoms with E-state index in [0.717, 1.165) is 45.0 Å². The van der Waals surface area contributed by atoms with Gasteiger partial charge >= 0.3 is 0 Å². The second-order valence-electron chi connectivity index (χ2n) is 5.21. The molecule has 0 bridgehead atoms. The predicted octanol–water partition coefficient (Wildman–Crippen LogP) is 2.61. The molecule has 1 N–H and O–H groups in total. The molecule has 0 radical (unpaired) electrons. The Hall–Kier alpha value is -1.28. The minimum absolute atomic E-state index is 0.0264. The number of amides is 1. The van der Waals surface area contributed by atoms with Crippen LogP contribution in [0.3, 0.4) is 0 Å². The van der Waals surface area contributed by atoms with E-state index in [1.165, 1.54) is 16.9 Å². The number of thiophene rings is 1. The lowest BCUT2D eigenvalue weighted by Gasteiger charge is -2.25. The maximum atomic E-state index is 11.9. The molecular weight excluding hydrogens is 318 g/mol. The van der Waals surface area contributed by atoms with Gasteiger partial charge < -0.3 is 10.1 Å². The zero-order valence-corrected chi connectivity index (χ0v) is 13.9. The number of carbonyl (C=O) groups is 1. The second-order valence-corrected chi connectivity index (χ2v) is 6.85. The number of thiazole rings is 1. The summed E-state index contributed by atoms with van der Waals surface area (Å²) in [5.74, 6) is 0.0264. The maximum absolute atomic E-state index is 11.9. The van der Waals surface area contributed by atoms with Gasteiger partial charge in [0.25, 0.3) is 0 Å². The van der Waals surface area contributed by atoms with Crippen molar-refractivity contribution >= 4 is 33.7 Å². The fourth-order valence-corrected chi connectivity index (χ4v) is 3.72. The van der Waals surface area contributed by atoms with Crippen LogP contribution in [0, 0.1) is 0 Å². The predicted molar refractivity (Wildman–Crippen MR) is 89.5 cm³/mol. The third-order valence-corrected chi connectivity index (χ3v) is 5.05. The normalized spacial score (nSPS) is 15.8. The van der Waals surface area contributed by atoms with Crippen LogP contribution in [0.15, 0.2) is 22.2 Å². The summed E-state index contributed by atoms with van der Waals surface area (Å²) < 4.78 is 5.34. The monoisotopic (exact) mass is 337 g/mol. The minimum Gasteiger partial charge on any atom is -0.379 e. The smallest absolute Gasteiger partial charge is 0.226 e. The molecule has 0 saturated carbocycles. The highest BCUT2D eigenvalue weighted by molar-refractivity contribution is 7.13. The molecule has 1 aliphatic rings. The van der Waals surface area contributed by atoms with E-state index in [0.29, 0.717) is 11.6 Å². The van der Waals surface area contributed by atoms with Crippen LogP contribution in [0.25, 0.3) is 0 Å². The van der Waals surface area contributed by atoms with E-state index in [2.05, 4.69) is 26.6 Å². The number of hydrogen-bond acceptors (Lipinski definition) is 6. The first-order chi connectivity index (χ1) is 10.8. The van der Waals surface area contributed by atoms with Crippen molar-refractivity contribution in [2.75, 3.05) is 31.6 Å². The quantitative estimate of drug-likeness (QED) is 0.880. The van der Waals surface area contributed by atoms with Crippen LogP contribution in [0.5, 0.6) is 0 Å². The number of aryl methyl sites for hydroxylation is 1. The molecule has 0 aliphatic carbocycles. The molecule has 1 fully saturated rings. The van der Waals surface area contributed by atoms with Crippen LogP contribution >= 0.6 is 22.7 Å². The SMILES string of the molecule is O=C(CCc1ccsc1)Nc1nc(CN2CCOCC2)cs1. The molecule has 7 heteroatoms. The van der Waals surface area contributed by atoms with Crippen molar-refractivity contribution in [3.8, 4) is 0 Å².